The zero-order valence-corrected chi connectivity index (χ0v) is 11.9. The third-order valence-electron chi connectivity index (χ3n) is 3.01. The van der Waals surface area contributed by atoms with Crippen molar-refractivity contribution in [2.45, 2.75) is 39.7 Å². The fraction of sp³-hybridized carbons (Fsp3) is 0.571. The Balaban J connectivity index is 3.05. The molecule has 18 heavy (non-hydrogen) atoms. The quantitative estimate of drug-likeness (QED) is 0.837. The molecule has 0 aliphatic rings. The molecule has 102 valence electrons. The summed E-state index contributed by atoms with van der Waals surface area (Å²) in [7, 11) is 0. The Morgan fingerprint density at radius 1 is 1.39 bits per heavy atom. The van der Waals surface area contributed by atoms with Gasteiger partial charge in [0.05, 0.1) is 19.3 Å². The minimum Gasteiger partial charge on any atom is -0.493 e. The van der Waals surface area contributed by atoms with E-state index < -0.39 is 6.10 Å². The summed E-state index contributed by atoms with van der Waals surface area (Å²) in [5.41, 5.74) is 3.01. The molecule has 1 unspecified atom stereocenters. The summed E-state index contributed by atoms with van der Waals surface area (Å²) in [5, 5.41) is 19.0. The van der Waals surface area contributed by atoms with Gasteiger partial charge in [-0.25, -0.2) is 0 Å². The minimum absolute atomic E-state index is 0.220. The van der Waals surface area contributed by atoms with Crippen LogP contribution in [-0.4, -0.2) is 29.5 Å². The Labute approximate surface area is 113 Å². The first-order valence-corrected chi connectivity index (χ1v) is 6.59. The Hall–Kier alpha value is -0.770. The van der Waals surface area contributed by atoms with E-state index in [0.717, 1.165) is 22.4 Å². The van der Waals surface area contributed by atoms with Gasteiger partial charge in [0.25, 0.3) is 0 Å². The van der Waals surface area contributed by atoms with Crippen molar-refractivity contribution in [1.29, 1.82) is 0 Å². The Bertz CT molecular complexity index is 405. The van der Waals surface area contributed by atoms with Crippen molar-refractivity contribution in [3.05, 3.63) is 27.8 Å². The van der Waals surface area contributed by atoms with E-state index in [9.17, 15) is 5.11 Å². The first-order chi connectivity index (χ1) is 8.51. The van der Waals surface area contributed by atoms with Gasteiger partial charge >= 0.3 is 0 Å². The van der Waals surface area contributed by atoms with Gasteiger partial charge in [-0.1, -0.05) is 11.6 Å². The van der Waals surface area contributed by atoms with Crippen molar-refractivity contribution in [1.82, 2.24) is 0 Å². The highest BCUT2D eigenvalue weighted by Crippen LogP contribution is 2.33. The monoisotopic (exact) mass is 272 g/mol. The largest absolute Gasteiger partial charge is 0.493 e. The molecular formula is C14H21ClO3. The first-order valence-electron chi connectivity index (χ1n) is 6.21. The summed E-state index contributed by atoms with van der Waals surface area (Å²) >= 11 is 6.17. The molecule has 1 aromatic rings. The van der Waals surface area contributed by atoms with Gasteiger partial charge < -0.3 is 14.9 Å². The van der Waals surface area contributed by atoms with E-state index in [0.29, 0.717) is 24.5 Å². The van der Waals surface area contributed by atoms with Crippen LogP contribution in [0.25, 0.3) is 0 Å². The van der Waals surface area contributed by atoms with Gasteiger partial charge in [0.15, 0.2) is 0 Å². The summed E-state index contributed by atoms with van der Waals surface area (Å²) in [6, 6.07) is 1.90. The van der Waals surface area contributed by atoms with E-state index in [4.69, 9.17) is 21.4 Å². The van der Waals surface area contributed by atoms with Crippen LogP contribution in [0.1, 0.15) is 30.0 Å². The zero-order chi connectivity index (χ0) is 13.7. The summed E-state index contributed by atoms with van der Waals surface area (Å²) in [4.78, 5) is 0. The minimum atomic E-state index is -0.696. The molecular weight excluding hydrogens is 252 g/mol. The predicted octanol–water partition coefficient (Wildman–Crippen LogP) is 2.64. The van der Waals surface area contributed by atoms with Crippen LogP contribution in [0.4, 0.5) is 0 Å². The van der Waals surface area contributed by atoms with E-state index in [1.165, 1.54) is 0 Å². The fourth-order valence-corrected chi connectivity index (χ4v) is 2.24. The Morgan fingerprint density at radius 3 is 2.61 bits per heavy atom. The second-order valence-corrected chi connectivity index (χ2v) is 4.82. The predicted molar refractivity (Wildman–Crippen MR) is 73.5 cm³/mol. The van der Waals surface area contributed by atoms with Crippen LogP contribution >= 0.6 is 11.6 Å². The van der Waals surface area contributed by atoms with E-state index in [1.807, 2.05) is 26.8 Å². The SMILES string of the molecule is CCOc1c(C)cc(Cl)c(C)c1CCC(O)CO. The fourth-order valence-electron chi connectivity index (χ4n) is 1.96. The van der Waals surface area contributed by atoms with Crippen molar-refractivity contribution in [2.24, 2.45) is 0 Å². The maximum atomic E-state index is 9.45. The number of halogens is 1. The van der Waals surface area contributed by atoms with Gasteiger partial charge in [0.2, 0.25) is 0 Å². The van der Waals surface area contributed by atoms with E-state index >= 15 is 0 Å². The van der Waals surface area contributed by atoms with Crippen LogP contribution in [0, 0.1) is 13.8 Å². The Kier molecular flexibility index (Phi) is 5.93. The highest BCUT2D eigenvalue weighted by molar-refractivity contribution is 6.31. The average molecular weight is 273 g/mol. The van der Waals surface area contributed by atoms with Crippen molar-refractivity contribution in [3.8, 4) is 5.75 Å². The van der Waals surface area contributed by atoms with Crippen molar-refractivity contribution in [3.63, 3.8) is 0 Å². The van der Waals surface area contributed by atoms with Crippen LogP contribution in [0.5, 0.6) is 5.75 Å². The van der Waals surface area contributed by atoms with Crippen molar-refractivity contribution < 1.29 is 14.9 Å². The number of hydrogen-bond donors (Lipinski definition) is 2. The summed E-state index contributed by atoms with van der Waals surface area (Å²) in [6.45, 7) is 6.23. The highest BCUT2D eigenvalue weighted by Gasteiger charge is 2.15. The van der Waals surface area contributed by atoms with Gasteiger partial charge in [-0.05, 0) is 56.4 Å². The van der Waals surface area contributed by atoms with Crippen molar-refractivity contribution in [2.75, 3.05) is 13.2 Å². The molecule has 1 rings (SSSR count). The lowest BCUT2D eigenvalue weighted by Gasteiger charge is -2.18. The number of aliphatic hydroxyl groups is 2. The van der Waals surface area contributed by atoms with E-state index in [2.05, 4.69) is 0 Å². The highest BCUT2D eigenvalue weighted by atomic mass is 35.5. The maximum absolute atomic E-state index is 9.45. The zero-order valence-electron chi connectivity index (χ0n) is 11.2. The molecule has 0 spiro atoms. The van der Waals surface area contributed by atoms with Gasteiger partial charge in [-0.3, -0.25) is 0 Å². The normalized spacial score (nSPS) is 12.6. The van der Waals surface area contributed by atoms with Gasteiger partial charge in [0.1, 0.15) is 5.75 Å². The maximum Gasteiger partial charge on any atom is 0.125 e. The van der Waals surface area contributed by atoms with E-state index in [1.54, 1.807) is 0 Å². The number of hydrogen-bond acceptors (Lipinski definition) is 3. The second kappa shape index (κ2) is 6.98. The molecule has 0 saturated heterocycles. The molecule has 4 heteroatoms. The van der Waals surface area contributed by atoms with Crippen LogP contribution in [0.2, 0.25) is 5.02 Å². The standard InChI is InChI=1S/C14H21ClO3/c1-4-18-14-9(2)7-13(15)10(3)12(14)6-5-11(17)8-16/h7,11,16-17H,4-6,8H2,1-3H3. The lowest BCUT2D eigenvalue weighted by atomic mass is 9.98. The third kappa shape index (κ3) is 3.61. The lowest BCUT2D eigenvalue weighted by Crippen LogP contribution is -2.14. The summed E-state index contributed by atoms with van der Waals surface area (Å²) < 4.78 is 5.67. The van der Waals surface area contributed by atoms with Crippen LogP contribution < -0.4 is 4.74 Å². The van der Waals surface area contributed by atoms with Crippen LogP contribution in [-0.2, 0) is 6.42 Å². The number of benzene rings is 1. The topological polar surface area (TPSA) is 49.7 Å². The third-order valence-corrected chi connectivity index (χ3v) is 3.41. The average Bonchev–Trinajstić information content (AvgIpc) is 2.35. The van der Waals surface area contributed by atoms with E-state index in [-0.39, 0.29) is 6.61 Å². The van der Waals surface area contributed by atoms with Gasteiger partial charge in [-0.15, -0.1) is 0 Å². The Morgan fingerprint density at radius 2 is 2.06 bits per heavy atom. The summed E-state index contributed by atoms with van der Waals surface area (Å²) in [5.74, 6) is 0.851. The van der Waals surface area contributed by atoms with Crippen molar-refractivity contribution >= 4 is 11.6 Å². The number of ether oxygens (including phenoxy) is 1. The number of aliphatic hydroxyl groups excluding tert-OH is 2. The molecule has 3 nitrogen and oxygen atoms in total. The van der Waals surface area contributed by atoms with Gasteiger partial charge in [0, 0.05) is 5.02 Å². The molecule has 0 bridgehead atoms. The molecule has 0 radical (unpaired) electrons. The summed E-state index contributed by atoms with van der Waals surface area (Å²) in [6.07, 6.45) is 0.444. The van der Waals surface area contributed by atoms with Crippen LogP contribution in [0.3, 0.4) is 0 Å². The molecule has 1 aromatic carbocycles. The second-order valence-electron chi connectivity index (χ2n) is 4.42. The number of rotatable bonds is 6. The molecule has 2 N–H and O–H groups in total. The molecule has 0 aromatic heterocycles. The van der Waals surface area contributed by atoms with Gasteiger partial charge in [-0.2, -0.15) is 0 Å². The first kappa shape index (κ1) is 15.3. The van der Waals surface area contributed by atoms with Crippen LogP contribution in [0.15, 0.2) is 6.07 Å². The molecule has 0 saturated carbocycles. The smallest absolute Gasteiger partial charge is 0.125 e. The molecule has 0 aliphatic carbocycles. The molecule has 0 amide bonds. The lowest BCUT2D eigenvalue weighted by molar-refractivity contribution is 0.0884. The molecule has 0 heterocycles. The molecule has 1 atom stereocenters. The molecule has 0 aliphatic heterocycles. The molecule has 0 fully saturated rings. The number of aryl methyl sites for hydroxylation is 1.